The largest absolute Gasteiger partial charge is 0.352 e. The van der Waals surface area contributed by atoms with Gasteiger partial charge in [-0.2, -0.15) is 0 Å². The molecule has 1 aromatic rings. The number of carbonyl (C=O) groups excluding carboxylic acids is 1. The first-order valence-electron chi connectivity index (χ1n) is 5.69. The Morgan fingerprint density at radius 3 is 2.47 bits per heavy atom. The Labute approximate surface area is 101 Å². The summed E-state index contributed by atoms with van der Waals surface area (Å²) in [6, 6.07) is 5.62. The van der Waals surface area contributed by atoms with Crippen LogP contribution < -0.4 is 0 Å². The minimum absolute atomic E-state index is 0.102. The second kappa shape index (κ2) is 7.14. The average molecular weight is 240 g/mol. The summed E-state index contributed by atoms with van der Waals surface area (Å²) < 4.78 is 23.5. The van der Waals surface area contributed by atoms with Crippen molar-refractivity contribution in [2.75, 3.05) is 13.2 Å². The standard InChI is InChI=1S/C13H17FO3/c1-3-16-13(17-4-2)9-12(15)10-6-5-7-11(14)8-10/h5-8,13H,3-4,9H2,1-2H3. The minimum Gasteiger partial charge on any atom is -0.352 e. The van der Waals surface area contributed by atoms with Gasteiger partial charge in [0.25, 0.3) is 0 Å². The van der Waals surface area contributed by atoms with Crippen molar-refractivity contribution < 1.29 is 18.7 Å². The molecular weight excluding hydrogens is 223 g/mol. The zero-order valence-corrected chi connectivity index (χ0v) is 10.1. The predicted octanol–water partition coefficient (Wildman–Crippen LogP) is 2.80. The number of hydrogen-bond acceptors (Lipinski definition) is 3. The number of ketones is 1. The summed E-state index contributed by atoms with van der Waals surface area (Å²) in [4.78, 5) is 11.8. The maximum Gasteiger partial charge on any atom is 0.168 e. The van der Waals surface area contributed by atoms with Gasteiger partial charge in [-0.25, -0.2) is 4.39 Å². The summed E-state index contributed by atoms with van der Waals surface area (Å²) in [5, 5.41) is 0. The highest BCUT2D eigenvalue weighted by Crippen LogP contribution is 2.10. The van der Waals surface area contributed by atoms with Crippen LogP contribution in [0.15, 0.2) is 24.3 Å². The molecule has 0 saturated heterocycles. The lowest BCUT2D eigenvalue weighted by Crippen LogP contribution is -2.21. The molecule has 0 fully saturated rings. The molecule has 0 spiro atoms. The number of rotatable bonds is 7. The fourth-order valence-electron chi connectivity index (χ4n) is 1.47. The van der Waals surface area contributed by atoms with E-state index in [0.29, 0.717) is 18.8 Å². The van der Waals surface area contributed by atoms with Crippen LogP contribution in [0, 0.1) is 5.82 Å². The number of hydrogen-bond donors (Lipinski definition) is 0. The van der Waals surface area contributed by atoms with Gasteiger partial charge in [-0.1, -0.05) is 12.1 Å². The fraction of sp³-hybridized carbons (Fsp3) is 0.462. The van der Waals surface area contributed by atoms with Crippen molar-refractivity contribution in [3.8, 4) is 0 Å². The zero-order valence-electron chi connectivity index (χ0n) is 10.1. The van der Waals surface area contributed by atoms with Gasteiger partial charge < -0.3 is 9.47 Å². The molecule has 1 aromatic carbocycles. The molecule has 0 radical (unpaired) electrons. The molecule has 0 amide bonds. The van der Waals surface area contributed by atoms with E-state index in [0.717, 1.165) is 0 Å². The molecule has 94 valence electrons. The second-order valence-corrected chi connectivity index (χ2v) is 3.48. The third-order valence-electron chi connectivity index (χ3n) is 2.20. The monoisotopic (exact) mass is 240 g/mol. The van der Waals surface area contributed by atoms with Gasteiger partial charge in [-0.05, 0) is 26.0 Å². The molecule has 0 aliphatic heterocycles. The summed E-state index contributed by atoms with van der Waals surface area (Å²) in [5.41, 5.74) is 0.342. The van der Waals surface area contributed by atoms with E-state index in [1.807, 2.05) is 13.8 Å². The van der Waals surface area contributed by atoms with Gasteiger partial charge in [-0.15, -0.1) is 0 Å². The molecule has 3 nitrogen and oxygen atoms in total. The van der Waals surface area contributed by atoms with Crippen LogP contribution in [0.1, 0.15) is 30.6 Å². The first kappa shape index (κ1) is 13.8. The third kappa shape index (κ3) is 4.63. The Kier molecular flexibility index (Phi) is 5.80. The van der Waals surface area contributed by atoms with Crippen LogP contribution in [-0.4, -0.2) is 25.3 Å². The number of halogens is 1. The lowest BCUT2D eigenvalue weighted by Gasteiger charge is -2.15. The molecule has 0 aromatic heterocycles. The first-order valence-corrected chi connectivity index (χ1v) is 5.69. The molecule has 0 saturated carbocycles. The molecule has 0 N–H and O–H groups in total. The van der Waals surface area contributed by atoms with Crippen LogP contribution in [0.2, 0.25) is 0 Å². The molecule has 17 heavy (non-hydrogen) atoms. The molecule has 0 heterocycles. The SMILES string of the molecule is CCOC(CC(=O)c1cccc(F)c1)OCC. The Bertz CT molecular complexity index is 359. The highest BCUT2D eigenvalue weighted by atomic mass is 19.1. The van der Waals surface area contributed by atoms with E-state index in [2.05, 4.69) is 0 Å². The Morgan fingerprint density at radius 2 is 1.94 bits per heavy atom. The molecule has 0 unspecified atom stereocenters. The lowest BCUT2D eigenvalue weighted by molar-refractivity contribution is -0.133. The Morgan fingerprint density at radius 1 is 1.29 bits per heavy atom. The number of Topliss-reactive ketones (excluding diaryl/α,β-unsaturated/α-hetero) is 1. The van der Waals surface area contributed by atoms with Gasteiger partial charge in [0.2, 0.25) is 0 Å². The van der Waals surface area contributed by atoms with Gasteiger partial charge in [0.15, 0.2) is 12.1 Å². The number of ether oxygens (including phenoxy) is 2. The maximum atomic E-state index is 12.9. The molecule has 1 rings (SSSR count). The number of carbonyl (C=O) groups is 1. The molecule has 0 bridgehead atoms. The molecule has 4 heteroatoms. The van der Waals surface area contributed by atoms with Gasteiger partial charge >= 0.3 is 0 Å². The molecule has 0 atom stereocenters. The van der Waals surface area contributed by atoms with Gasteiger partial charge in [-0.3, -0.25) is 4.79 Å². The maximum absolute atomic E-state index is 12.9. The van der Waals surface area contributed by atoms with Gasteiger partial charge in [0.05, 0.1) is 6.42 Å². The van der Waals surface area contributed by atoms with Crippen LogP contribution in [0.5, 0.6) is 0 Å². The third-order valence-corrected chi connectivity index (χ3v) is 2.20. The van der Waals surface area contributed by atoms with Crippen molar-refractivity contribution in [1.82, 2.24) is 0 Å². The van der Waals surface area contributed by atoms with Crippen molar-refractivity contribution >= 4 is 5.78 Å². The lowest BCUT2D eigenvalue weighted by atomic mass is 10.1. The van der Waals surface area contributed by atoms with Crippen LogP contribution in [0.25, 0.3) is 0 Å². The van der Waals surface area contributed by atoms with Crippen molar-refractivity contribution in [2.45, 2.75) is 26.6 Å². The topological polar surface area (TPSA) is 35.5 Å². The van der Waals surface area contributed by atoms with Crippen LogP contribution >= 0.6 is 0 Å². The summed E-state index contributed by atoms with van der Waals surface area (Å²) in [5.74, 6) is -0.600. The van der Waals surface area contributed by atoms with Crippen molar-refractivity contribution in [1.29, 1.82) is 0 Å². The van der Waals surface area contributed by atoms with E-state index in [1.54, 1.807) is 6.07 Å². The van der Waals surface area contributed by atoms with Crippen LogP contribution in [0.4, 0.5) is 4.39 Å². The molecule has 0 aliphatic carbocycles. The smallest absolute Gasteiger partial charge is 0.168 e. The summed E-state index contributed by atoms with van der Waals surface area (Å²) in [6.45, 7) is 4.61. The average Bonchev–Trinajstić information content (AvgIpc) is 2.29. The van der Waals surface area contributed by atoms with Crippen LogP contribution in [-0.2, 0) is 9.47 Å². The van der Waals surface area contributed by atoms with E-state index in [4.69, 9.17) is 9.47 Å². The van der Waals surface area contributed by atoms with E-state index in [1.165, 1.54) is 18.2 Å². The van der Waals surface area contributed by atoms with E-state index in [-0.39, 0.29) is 12.2 Å². The van der Waals surface area contributed by atoms with Crippen molar-refractivity contribution in [3.63, 3.8) is 0 Å². The highest BCUT2D eigenvalue weighted by Gasteiger charge is 2.15. The van der Waals surface area contributed by atoms with E-state index >= 15 is 0 Å². The molecule has 0 aliphatic rings. The minimum atomic E-state index is -0.555. The summed E-state index contributed by atoms with van der Waals surface area (Å²) in [7, 11) is 0. The zero-order chi connectivity index (χ0) is 12.7. The highest BCUT2D eigenvalue weighted by molar-refractivity contribution is 5.96. The van der Waals surface area contributed by atoms with Crippen LogP contribution in [0.3, 0.4) is 0 Å². The first-order chi connectivity index (χ1) is 8.17. The Balaban J connectivity index is 2.63. The quantitative estimate of drug-likeness (QED) is 0.543. The summed E-state index contributed by atoms with van der Waals surface area (Å²) in [6.07, 6.45) is -0.453. The second-order valence-electron chi connectivity index (χ2n) is 3.48. The fourth-order valence-corrected chi connectivity index (χ4v) is 1.47. The predicted molar refractivity (Wildman–Crippen MR) is 62.4 cm³/mol. The van der Waals surface area contributed by atoms with E-state index in [9.17, 15) is 9.18 Å². The summed E-state index contributed by atoms with van der Waals surface area (Å²) >= 11 is 0. The number of benzene rings is 1. The van der Waals surface area contributed by atoms with Crippen molar-refractivity contribution in [2.24, 2.45) is 0 Å². The Hall–Kier alpha value is -1.26. The van der Waals surface area contributed by atoms with E-state index < -0.39 is 12.1 Å². The van der Waals surface area contributed by atoms with Crippen molar-refractivity contribution in [3.05, 3.63) is 35.6 Å². The molecular formula is C13H17FO3. The normalized spacial score (nSPS) is 10.8. The van der Waals surface area contributed by atoms with Gasteiger partial charge in [0, 0.05) is 18.8 Å². The van der Waals surface area contributed by atoms with Gasteiger partial charge in [0.1, 0.15) is 5.82 Å².